The molecule has 112 valence electrons. The van der Waals surface area contributed by atoms with Crippen molar-refractivity contribution in [1.29, 1.82) is 0 Å². The molecular formula is C14H17FN4OS. The third-order valence-corrected chi connectivity index (χ3v) is 3.79. The maximum absolute atomic E-state index is 13.5. The van der Waals surface area contributed by atoms with Gasteiger partial charge in [0.15, 0.2) is 5.13 Å². The van der Waals surface area contributed by atoms with Gasteiger partial charge in [0.25, 0.3) is 5.91 Å². The van der Waals surface area contributed by atoms with Gasteiger partial charge in [-0.1, -0.05) is 17.4 Å². The number of anilines is 3. The average molecular weight is 308 g/mol. The van der Waals surface area contributed by atoms with Crippen LogP contribution in [0.25, 0.3) is 0 Å². The van der Waals surface area contributed by atoms with Crippen LogP contribution in [0.5, 0.6) is 0 Å². The predicted molar refractivity (Wildman–Crippen MR) is 84.4 cm³/mol. The lowest BCUT2D eigenvalue weighted by atomic mass is 10.2. The van der Waals surface area contributed by atoms with Crippen molar-refractivity contribution in [2.45, 2.75) is 26.8 Å². The predicted octanol–water partition coefficient (Wildman–Crippen LogP) is 3.25. The highest BCUT2D eigenvalue weighted by atomic mass is 32.1. The van der Waals surface area contributed by atoms with E-state index in [2.05, 4.69) is 15.6 Å². The Kier molecular flexibility index (Phi) is 4.42. The Balaban J connectivity index is 2.20. The molecule has 2 rings (SSSR count). The normalized spacial score (nSPS) is 10.7. The number of hydrogen-bond acceptors (Lipinski definition) is 5. The maximum atomic E-state index is 13.5. The number of amides is 1. The molecule has 0 unspecified atom stereocenters. The number of nitrogens with two attached hydrogens (primary N) is 1. The van der Waals surface area contributed by atoms with Crippen LogP contribution in [-0.4, -0.2) is 16.9 Å². The quantitative estimate of drug-likeness (QED) is 0.810. The smallest absolute Gasteiger partial charge is 0.269 e. The lowest BCUT2D eigenvalue weighted by Crippen LogP contribution is -2.13. The van der Waals surface area contributed by atoms with Gasteiger partial charge in [-0.25, -0.2) is 9.37 Å². The zero-order chi connectivity index (χ0) is 15.6. The summed E-state index contributed by atoms with van der Waals surface area (Å²) in [5.74, 6) is -0.600. The first-order valence-electron chi connectivity index (χ1n) is 6.47. The van der Waals surface area contributed by atoms with Crippen LogP contribution >= 0.6 is 11.3 Å². The Hall–Kier alpha value is -2.15. The molecule has 1 aromatic carbocycles. The average Bonchev–Trinajstić information content (AvgIpc) is 2.75. The molecule has 4 N–H and O–H groups in total. The van der Waals surface area contributed by atoms with Crippen molar-refractivity contribution in [2.75, 3.05) is 16.4 Å². The van der Waals surface area contributed by atoms with E-state index in [1.165, 1.54) is 17.4 Å². The van der Waals surface area contributed by atoms with Crippen molar-refractivity contribution in [3.05, 3.63) is 34.5 Å². The van der Waals surface area contributed by atoms with E-state index in [9.17, 15) is 9.18 Å². The lowest BCUT2D eigenvalue weighted by Gasteiger charge is -2.08. The van der Waals surface area contributed by atoms with E-state index in [0.717, 1.165) is 0 Å². The topological polar surface area (TPSA) is 80.0 Å². The second kappa shape index (κ2) is 6.09. The molecule has 0 aliphatic rings. The minimum absolute atomic E-state index is 0.162. The number of carbonyl (C=O) groups is 1. The van der Waals surface area contributed by atoms with Gasteiger partial charge in [-0.15, -0.1) is 0 Å². The summed E-state index contributed by atoms with van der Waals surface area (Å²) in [6.45, 7) is 5.54. The third kappa shape index (κ3) is 3.49. The van der Waals surface area contributed by atoms with Gasteiger partial charge >= 0.3 is 0 Å². The molecule has 0 spiro atoms. The number of nitrogens with zero attached hydrogens (tertiary/aromatic N) is 1. The number of hydrogen-bond donors (Lipinski definition) is 3. The van der Waals surface area contributed by atoms with Crippen LogP contribution in [0.4, 0.5) is 21.0 Å². The highest BCUT2D eigenvalue weighted by Crippen LogP contribution is 2.27. The Morgan fingerprint density at radius 3 is 2.81 bits per heavy atom. The third-order valence-electron chi connectivity index (χ3n) is 2.79. The fourth-order valence-corrected chi connectivity index (χ4v) is 2.65. The van der Waals surface area contributed by atoms with Crippen LogP contribution < -0.4 is 16.4 Å². The number of nitrogens with one attached hydrogen (secondary N) is 2. The Morgan fingerprint density at radius 1 is 1.43 bits per heavy atom. The van der Waals surface area contributed by atoms with Crippen LogP contribution in [0.15, 0.2) is 18.2 Å². The van der Waals surface area contributed by atoms with Gasteiger partial charge in [0.1, 0.15) is 16.5 Å². The molecule has 7 heteroatoms. The van der Waals surface area contributed by atoms with Crippen LogP contribution in [-0.2, 0) is 0 Å². The molecular weight excluding hydrogens is 291 g/mol. The molecule has 0 saturated carbocycles. The second-order valence-corrected chi connectivity index (χ2v) is 5.90. The molecule has 1 aromatic heterocycles. The van der Waals surface area contributed by atoms with Gasteiger partial charge in [0.2, 0.25) is 0 Å². The molecule has 0 bridgehead atoms. The van der Waals surface area contributed by atoms with Gasteiger partial charge < -0.3 is 16.4 Å². The number of carbonyl (C=O) groups excluding carboxylic acids is 1. The van der Waals surface area contributed by atoms with Crippen molar-refractivity contribution in [1.82, 2.24) is 4.98 Å². The van der Waals surface area contributed by atoms with E-state index in [0.29, 0.717) is 21.3 Å². The summed E-state index contributed by atoms with van der Waals surface area (Å²) in [5, 5.41) is 6.34. The lowest BCUT2D eigenvalue weighted by molar-refractivity contribution is 0.103. The zero-order valence-corrected chi connectivity index (χ0v) is 12.8. The minimum atomic E-state index is -0.393. The van der Waals surface area contributed by atoms with E-state index < -0.39 is 5.91 Å². The van der Waals surface area contributed by atoms with Crippen LogP contribution in [0.3, 0.4) is 0 Å². The van der Waals surface area contributed by atoms with Crippen LogP contribution in [0.1, 0.15) is 29.1 Å². The number of nitrogen functional groups attached to an aromatic ring is 1. The number of benzene rings is 1. The second-order valence-electron chi connectivity index (χ2n) is 4.90. The molecule has 0 aliphatic heterocycles. The first-order chi connectivity index (χ1) is 9.88. The zero-order valence-electron chi connectivity index (χ0n) is 12.0. The summed E-state index contributed by atoms with van der Waals surface area (Å²) < 4.78 is 13.5. The van der Waals surface area contributed by atoms with Crippen molar-refractivity contribution in [3.63, 3.8) is 0 Å². The summed E-state index contributed by atoms with van der Waals surface area (Å²) in [6, 6.07) is 4.72. The van der Waals surface area contributed by atoms with Gasteiger partial charge in [-0.05, 0) is 32.9 Å². The Labute approximate surface area is 126 Å². The van der Waals surface area contributed by atoms with Gasteiger partial charge in [-0.2, -0.15) is 0 Å². The van der Waals surface area contributed by atoms with E-state index in [1.54, 1.807) is 19.1 Å². The minimum Gasteiger partial charge on any atom is -0.382 e. The largest absolute Gasteiger partial charge is 0.382 e. The number of rotatable bonds is 4. The first kappa shape index (κ1) is 15.2. The highest BCUT2D eigenvalue weighted by Gasteiger charge is 2.17. The number of halogens is 1. The van der Waals surface area contributed by atoms with E-state index in [1.807, 2.05) is 13.8 Å². The van der Waals surface area contributed by atoms with E-state index in [4.69, 9.17) is 5.73 Å². The molecule has 21 heavy (non-hydrogen) atoms. The maximum Gasteiger partial charge on any atom is 0.269 e. The van der Waals surface area contributed by atoms with Gasteiger partial charge in [0, 0.05) is 17.3 Å². The van der Waals surface area contributed by atoms with Crippen molar-refractivity contribution >= 4 is 33.9 Å². The fraction of sp³-hybridized carbons (Fsp3) is 0.286. The van der Waals surface area contributed by atoms with Crippen molar-refractivity contribution < 1.29 is 9.18 Å². The molecule has 0 saturated heterocycles. The van der Waals surface area contributed by atoms with Crippen molar-refractivity contribution in [2.24, 2.45) is 0 Å². The first-order valence-corrected chi connectivity index (χ1v) is 7.29. The molecule has 0 radical (unpaired) electrons. The molecule has 5 nitrogen and oxygen atoms in total. The fourth-order valence-electron chi connectivity index (χ4n) is 1.73. The summed E-state index contributed by atoms with van der Waals surface area (Å²) in [7, 11) is 0. The van der Waals surface area contributed by atoms with E-state index >= 15 is 0 Å². The molecule has 0 fully saturated rings. The molecule has 1 amide bonds. The summed E-state index contributed by atoms with van der Waals surface area (Å²) in [4.78, 5) is 16.6. The molecule has 2 aromatic rings. The Bertz CT molecular complexity index is 669. The summed E-state index contributed by atoms with van der Waals surface area (Å²) in [6.07, 6.45) is 0. The van der Waals surface area contributed by atoms with Gasteiger partial charge in [-0.3, -0.25) is 4.79 Å². The molecule has 0 aliphatic carbocycles. The van der Waals surface area contributed by atoms with Crippen molar-refractivity contribution in [3.8, 4) is 0 Å². The van der Waals surface area contributed by atoms with E-state index in [-0.39, 0.29) is 17.7 Å². The standard InChI is InChI=1S/C14H17FN4OS/c1-7(2)17-14-19-12(16)11(21-14)13(20)18-10-6-4-5-9(15)8(10)3/h4-7H,16H2,1-3H3,(H,17,19)(H,18,20). The summed E-state index contributed by atoms with van der Waals surface area (Å²) in [5.41, 5.74) is 6.57. The monoisotopic (exact) mass is 308 g/mol. The highest BCUT2D eigenvalue weighted by molar-refractivity contribution is 7.18. The van der Waals surface area contributed by atoms with Gasteiger partial charge in [0.05, 0.1) is 0 Å². The number of thiazole rings is 1. The van der Waals surface area contributed by atoms with Crippen LogP contribution in [0.2, 0.25) is 0 Å². The Morgan fingerprint density at radius 2 is 2.14 bits per heavy atom. The molecule has 1 heterocycles. The van der Waals surface area contributed by atoms with Crippen LogP contribution in [0, 0.1) is 12.7 Å². The summed E-state index contributed by atoms with van der Waals surface area (Å²) >= 11 is 1.17. The number of aromatic nitrogens is 1. The molecule has 0 atom stereocenters. The SMILES string of the molecule is Cc1c(F)cccc1NC(=O)c1sc(NC(C)C)nc1N.